The van der Waals surface area contributed by atoms with Crippen LogP contribution in [0.15, 0.2) is 36.4 Å². The highest BCUT2D eigenvalue weighted by molar-refractivity contribution is 5.48. The monoisotopic (exact) mass is 272 g/mol. The summed E-state index contributed by atoms with van der Waals surface area (Å²) in [6, 6.07) is 10.9. The van der Waals surface area contributed by atoms with E-state index in [9.17, 15) is 9.50 Å². The van der Waals surface area contributed by atoms with Gasteiger partial charge in [-0.3, -0.25) is 0 Å². The van der Waals surface area contributed by atoms with Crippen LogP contribution in [0.3, 0.4) is 0 Å². The molecule has 1 unspecified atom stereocenters. The van der Waals surface area contributed by atoms with Crippen LogP contribution in [0.25, 0.3) is 0 Å². The largest absolute Gasteiger partial charge is 0.494 e. The minimum absolute atomic E-state index is 0.164. The molecule has 0 heterocycles. The van der Waals surface area contributed by atoms with E-state index in [1.807, 2.05) is 25.1 Å². The topological polar surface area (TPSA) is 29.5 Å². The molecule has 0 aromatic heterocycles. The Morgan fingerprint density at radius 3 is 2.75 bits per heavy atom. The van der Waals surface area contributed by atoms with Crippen LogP contribution in [0.1, 0.15) is 28.7 Å². The third-order valence-corrected chi connectivity index (χ3v) is 4.10. The molecule has 0 amide bonds. The smallest absolute Gasteiger partial charge is 0.171 e. The molecule has 2 aromatic carbocycles. The van der Waals surface area contributed by atoms with Gasteiger partial charge in [0.15, 0.2) is 11.6 Å². The molecule has 1 aliphatic rings. The molecule has 0 radical (unpaired) electrons. The van der Waals surface area contributed by atoms with E-state index in [0.717, 1.165) is 23.1 Å². The van der Waals surface area contributed by atoms with E-state index in [1.54, 1.807) is 18.2 Å². The van der Waals surface area contributed by atoms with Crippen LogP contribution in [0, 0.1) is 12.7 Å². The van der Waals surface area contributed by atoms with Crippen LogP contribution in [0.4, 0.5) is 4.39 Å². The molecule has 104 valence electrons. The standard InChI is InChI=1S/C17H17FO2/c1-11-6-7-12-8-9-17(19,14(12)10-11)13-4-3-5-15(20-2)16(13)18/h3-7,10,19H,8-9H2,1-2H3. The lowest BCUT2D eigenvalue weighted by Gasteiger charge is -2.26. The number of aryl methyl sites for hydroxylation is 2. The van der Waals surface area contributed by atoms with E-state index in [2.05, 4.69) is 0 Å². The summed E-state index contributed by atoms with van der Waals surface area (Å²) in [7, 11) is 1.43. The summed E-state index contributed by atoms with van der Waals surface area (Å²) >= 11 is 0. The number of halogens is 1. The SMILES string of the molecule is COc1cccc(C2(O)CCc3ccc(C)cc32)c1F. The van der Waals surface area contributed by atoms with Crippen molar-refractivity contribution in [2.75, 3.05) is 7.11 Å². The summed E-state index contributed by atoms with van der Waals surface area (Å²) in [5.74, 6) is -0.316. The van der Waals surface area contributed by atoms with Crippen LogP contribution in [-0.2, 0) is 12.0 Å². The highest BCUT2D eigenvalue weighted by Gasteiger charge is 2.40. The van der Waals surface area contributed by atoms with Crippen molar-refractivity contribution in [2.45, 2.75) is 25.4 Å². The summed E-state index contributed by atoms with van der Waals surface area (Å²) in [5, 5.41) is 11.0. The highest BCUT2D eigenvalue weighted by Crippen LogP contribution is 2.44. The second kappa shape index (κ2) is 4.60. The predicted octanol–water partition coefficient (Wildman–Crippen LogP) is 3.32. The molecule has 0 saturated carbocycles. The number of rotatable bonds is 2. The van der Waals surface area contributed by atoms with E-state index in [1.165, 1.54) is 7.11 Å². The Bertz CT molecular complexity index is 666. The maximum atomic E-state index is 14.5. The zero-order chi connectivity index (χ0) is 14.3. The Morgan fingerprint density at radius 1 is 1.20 bits per heavy atom. The maximum Gasteiger partial charge on any atom is 0.171 e. The summed E-state index contributed by atoms with van der Waals surface area (Å²) in [6.07, 6.45) is 1.25. The van der Waals surface area contributed by atoms with Crippen LogP contribution in [-0.4, -0.2) is 12.2 Å². The fourth-order valence-corrected chi connectivity index (χ4v) is 3.01. The molecule has 20 heavy (non-hydrogen) atoms. The van der Waals surface area contributed by atoms with Gasteiger partial charge in [0, 0.05) is 5.56 Å². The van der Waals surface area contributed by atoms with E-state index >= 15 is 0 Å². The van der Waals surface area contributed by atoms with Gasteiger partial charge in [0.2, 0.25) is 0 Å². The van der Waals surface area contributed by atoms with Crippen molar-refractivity contribution in [3.05, 3.63) is 64.5 Å². The molecule has 0 fully saturated rings. The lowest BCUT2D eigenvalue weighted by molar-refractivity contribution is 0.0782. The van der Waals surface area contributed by atoms with Crippen molar-refractivity contribution >= 4 is 0 Å². The maximum absolute atomic E-state index is 14.5. The lowest BCUT2D eigenvalue weighted by Crippen LogP contribution is -2.25. The van der Waals surface area contributed by atoms with Crippen molar-refractivity contribution in [3.63, 3.8) is 0 Å². The van der Waals surface area contributed by atoms with Crippen LogP contribution >= 0.6 is 0 Å². The van der Waals surface area contributed by atoms with Crippen LogP contribution in [0.5, 0.6) is 5.75 Å². The molecule has 0 bridgehead atoms. The van der Waals surface area contributed by atoms with Gasteiger partial charge in [-0.25, -0.2) is 4.39 Å². The Balaban J connectivity index is 2.19. The summed E-state index contributed by atoms with van der Waals surface area (Å²) < 4.78 is 19.5. The minimum atomic E-state index is -1.26. The van der Waals surface area contributed by atoms with Gasteiger partial charge in [-0.2, -0.15) is 0 Å². The molecule has 0 saturated heterocycles. The van der Waals surface area contributed by atoms with Gasteiger partial charge < -0.3 is 9.84 Å². The van der Waals surface area contributed by atoms with Gasteiger partial charge in [0.1, 0.15) is 5.60 Å². The average Bonchev–Trinajstić information content (AvgIpc) is 2.77. The molecule has 1 N–H and O–H groups in total. The van der Waals surface area contributed by atoms with Gasteiger partial charge in [0.25, 0.3) is 0 Å². The number of hydrogen-bond donors (Lipinski definition) is 1. The number of fused-ring (bicyclic) bond motifs is 1. The van der Waals surface area contributed by atoms with Crippen molar-refractivity contribution in [1.29, 1.82) is 0 Å². The lowest BCUT2D eigenvalue weighted by atomic mass is 9.86. The van der Waals surface area contributed by atoms with E-state index < -0.39 is 11.4 Å². The highest BCUT2D eigenvalue weighted by atomic mass is 19.1. The van der Waals surface area contributed by atoms with Crippen molar-refractivity contribution in [3.8, 4) is 5.75 Å². The molecule has 0 aliphatic heterocycles. The Morgan fingerprint density at radius 2 is 2.00 bits per heavy atom. The van der Waals surface area contributed by atoms with Crippen LogP contribution < -0.4 is 4.74 Å². The zero-order valence-corrected chi connectivity index (χ0v) is 11.6. The molecule has 3 heteroatoms. The fraction of sp³-hybridized carbons (Fsp3) is 0.294. The number of benzene rings is 2. The van der Waals surface area contributed by atoms with Gasteiger partial charge in [-0.1, -0.05) is 35.9 Å². The molecular weight excluding hydrogens is 255 g/mol. The first kappa shape index (κ1) is 13.1. The second-order valence-electron chi connectivity index (χ2n) is 5.34. The molecule has 2 aromatic rings. The Kier molecular flexibility index (Phi) is 3.02. The first-order valence-electron chi connectivity index (χ1n) is 6.71. The molecule has 2 nitrogen and oxygen atoms in total. The second-order valence-corrected chi connectivity index (χ2v) is 5.34. The molecule has 0 spiro atoms. The van der Waals surface area contributed by atoms with Gasteiger partial charge >= 0.3 is 0 Å². The van der Waals surface area contributed by atoms with Crippen molar-refractivity contribution in [1.82, 2.24) is 0 Å². The van der Waals surface area contributed by atoms with E-state index in [0.29, 0.717) is 12.0 Å². The summed E-state index contributed by atoms with van der Waals surface area (Å²) in [4.78, 5) is 0. The van der Waals surface area contributed by atoms with E-state index in [4.69, 9.17) is 4.74 Å². The third kappa shape index (κ3) is 1.81. The van der Waals surface area contributed by atoms with Gasteiger partial charge in [-0.15, -0.1) is 0 Å². The first-order valence-corrected chi connectivity index (χ1v) is 6.71. The van der Waals surface area contributed by atoms with Gasteiger partial charge in [0.05, 0.1) is 7.11 Å². The van der Waals surface area contributed by atoms with E-state index in [-0.39, 0.29) is 5.75 Å². The number of hydrogen-bond acceptors (Lipinski definition) is 2. The number of ether oxygens (including phenoxy) is 1. The molecule has 1 aliphatic carbocycles. The minimum Gasteiger partial charge on any atom is -0.494 e. The normalized spacial score (nSPS) is 20.8. The fourth-order valence-electron chi connectivity index (χ4n) is 3.01. The van der Waals surface area contributed by atoms with Gasteiger partial charge in [-0.05, 0) is 37.0 Å². The predicted molar refractivity (Wildman–Crippen MR) is 75.5 cm³/mol. The Hall–Kier alpha value is -1.87. The Labute approximate surface area is 117 Å². The average molecular weight is 272 g/mol. The molecular formula is C17H17FO2. The first-order chi connectivity index (χ1) is 9.56. The van der Waals surface area contributed by atoms with Crippen molar-refractivity contribution < 1.29 is 14.2 Å². The quantitative estimate of drug-likeness (QED) is 0.908. The number of methoxy groups -OCH3 is 1. The summed E-state index contributed by atoms with van der Waals surface area (Å²) in [6.45, 7) is 1.97. The number of aliphatic hydroxyl groups is 1. The zero-order valence-electron chi connectivity index (χ0n) is 11.6. The van der Waals surface area contributed by atoms with Crippen LogP contribution in [0.2, 0.25) is 0 Å². The molecule has 3 rings (SSSR count). The van der Waals surface area contributed by atoms with Crippen molar-refractivity contribution in [2.24, 2.45) is 0 Å². The summed E-state index contributed by atoms with van der Waals surface area (Å²) in [5.41, 5.74) is 1.98. The third-order valence-electron chi connectivity index (χ3n) is 4.10. The molecule has 1 atom stereocenters.